The summed E-state index contributed by atoms with van der Waals surface area (Å²) in [5.74, 6) is -2.37. The fraction of sp³-hybridized carbons (Fsp3) is 0.929. The van der Waals surface area contributed by atoms with Crippen LogP contribution in [-0.2, 0) is 37.5 Å². The number of hydrogen-bond acceptors (Lipinski definition) is 9. The zero-order chi connectivity index (χ0) is 40.0. The molecule has 0 aliphatic heterocycles. The molecule has 0 saturated heterocycles. The molecular weight excluding hydrogens is 709 g/mol. The predicted molar refractivity (Wildman–Crippen MR) is 217 cm³/mol. The Labute approximate surface area is 329 Å². The highest BCUT2D eigenvalue weighted by Gasteiger charge is 2.28. The molecule has 0 heterocycles. The van der Waals surface area contributed by atoms with E-state index in [9.17, 15) is 23.8 Å². The minimum absolute atomic E-state index is 0.165. The van der Waals surface area contributed by atoms with Crippen LogP contribution in [0.4, 0.5) is 0 Å². The Morgan fingerprint density at radius 2 is 0.815 bits per heavy atom. The summed E-state index contributed by atoms with van der Waals surface area (Å²) in [6.07, 6.45) is 36.4. The fourth-order valence-electron chi connectivity index (χ4n) is 6.36. The van der Waals surface area contributed by atoms with Gasteiger partial charge in [0.25, 0.3) is 0 Å². The van der Waals surface area contributed by atoms with Crippen molar-refractivity contribution in [3.8, 4) is 0 Å². The van der Waals surface area contributed by atoms with E-state index in [1.807, 2.05) is 0 Å². The maximum atomic E-state index is 12.5. The van der Waals surface area contributed by atoms with Gasteiger partial charge in [-0.3, -0.25) is 23.4 Å². The van der Waals surface area contributed by atoms with Crippen molar-refractivity contribution in [3.63, 3.8) is 0 Å². The van der Waals surface area contributed by atoms with E-state index in [0.29, 0.717) is 12.8 Å². The third kappa shape index (κ3) is 37.4. The Bertz CT molecular complexity index is 937. The van der Waals surface area contributed by atoms with Gasteiger partial charge in [-0.2, -0.15) is 0 Å². The molecule has 4 N–H and O–H groups in total. The average molecular weight is 792 g/mol. The number of ether oxygens (including phenoxy) is 2. The topological polar surface area (TPSA) is 172 Å². The first-order valence-electron chi connectivity index (χ1n) is 22.1. The molecule has 3 atom stereocenters. The SMILES string of the molecule is CCCCCCCCCCCCCCCCCCCCCCCCCC(=O)OC[C@@H](COP(=O)(O)OC[C@H](N)C(=O)O)OC(=O)CCCCCCCCC. The highest BCUT2D eigenvalue weighted by atomic mass is 31.2. The van der Waals surface area contributed by atoms with Crippen molar-refractivity contribution in [2.75, 3.05) is 19.8 Å². The lowest BCUT2D eigenvalue weighted by atomic mass is 10.0. The largest absolute Gasteiger partial charge is 0.480 e. The second-order valence-corrected chi connectivity index (χ2v) is 16.7. The Hall–Kier alpha value is -1.52. The van der Waals surface area contributed by atoms with E-state index in [1.165, 1.54) is 135 Å². The summed E-state index contributed by atoms with van der Waals surface area (Å²) in [6.45, 7) is 2.77. The van der Waals surface area contributed by atoms with Gasteiger partial charge in [-0.15, -0.1) is 0 Å². The quantitative estimate of drug-likeness (QED) is 0.0305. The molecule has 0 fully saturated rings. The number of phosphoric acid groups is 1. The first-order chi connectivity index (χ1) is 26.1. The lowest BCUT2D eigenvalue weighted by Gasteiger charge is -2.20. The zero-order valence-electron chi connectivity index (χ0n) is 34.6. The van der Waals surface area contributed by atoms with Crippen LogP contribution in [0.5, 0.6) is 0 Å². The Kier molecular flexibility index (Phi) is 37.3. The molecule has 0 aromatic rings. The van der Waals surface area contributed by atoms with E-state index in [4.69, 9.17) is 24.8 Å². The molecular formula is C42H82NO10P. The van der Waals surface area contributed by atoms with Crippen LogP contribution >= 0.6 is 7.82 Å². The maximum Gasteiger partial charge on any atom is 0.472 e. The zero-order valence-corrected chi connectivity index (χ0v) is 35.5. The predicted octanol–water partition coefficient (Wildman–Crippen LogP) is 11.5. The summed E-state index contributed by atoms with van der Waals surface area (Å²) >= 11 is 0. The first-order valence-corrected chi connectivity index (χ1v) is 23.6. The lowest BCUT2D eigenvalue weighted by Crippen LogP contribution is -2.34. The number of phosphoric ester groups is 1. The van der Waals surface area contributed by atoms with Crippen molar-refractivity contribution >= 4 is 25.7 Å². The molecule has 320 valence electrons. The van der Waals surface area contributed by atoms with Gasteiger partial charge in [0.1, 0.15) is 12.6 Å². The van der Waals surface area contributed by atoms with Crippen molar-refractivity contribution in [2.45, 2.75) is 231 Å². The summed E-state index contributed by atoms with van der Waals surface area (Å²) < 4.78 is 32.5. The number of aliphatic carboxylic acids is 1. The standard InChI is InChI=1S/C42H82NO10P/c1-3-5-7-9-11-12-13-14-15-16-17-18-19-20-21-22-23-24-25-26-28-29-31-33-40(44)50-35-38(36-51-54(48,49)52-37-39(43)42(46)47)53-41(45)34-32-30-27-10-8-6-4-2/h38-39H,3-37,43H2,1-2H3,(H,46,47)(H,48,49)/t38-,39-/m0/s1. The molecule has 0 aromatic heterocycles. The smallest absolute Gasteiger partial charge is 0.472 e. The van der Waals surface area contributed by atoms with Gasteiger partial charge < -0.3 is 25.2 Å². The van der Waals surface area contributed by atoms with Gasteiger partial charge in [0.15, 0.2) is 6.10 Å². The number of carbonyl (C=O) groups is 3. The number of hydrogen-bond donors (Lipinski definition) is 3. The number of esters is 2. The number of carbonyl (C=O) groups excluding carboxylic acids is 2. The molecule has 0 amide bonds. The molecule has 0 aliphatic carbocycles. The molecule has 0 aromatic carbocycles. The first kappa shape index (κ1) is 52.5. The van der Waals surface area contributed by atoms with E-state index in [0.717, 1.165) is 44.9 Å². The molecule has 0 saturated carbocycles. The molecule has 54 heavy (non-hydrogen) atoms. The Morgan fingerprint density at radius 1 is 0.500 bits per heavy atom. The lowest BCUT2D eigenvalue weighted by molar-refractivity contribution is -0.161. The number of carboxylic acids is 1. The van der Waals surface area contributed by atoms with Gasteiger partial charge >= 0.3 is 25.7 Å². The Morgan fingerprint density at radius 3 is 1.17 bits per heavy atom. The molecule has 12 heteroatoms. The van der Waals surface area contributed by atoms with Gasteiger partial charge in [-0.05, 0) is 12.8 Å². The molecule has 0 spiro atoms. The maximum absolute atomic E-state index is 12.5. The monoisotopic (exact) mass is 792 g/mol. The minimum atomic E-state index is -4.70. The van der Waals surface area contributed by atoms with Crippen LogP contribution < -0.4 is 5.73 Å². The summed E-state index contributed by atoms with van der Waals surface area (Å²) in [6, 6.07) is -1.51. The Balaban J connectivity index is 4.05. The van der Waals surface area contributed by atoms with Crippen molar-refractivity contribution in [3.05, 3.63) is 0 Å². The third-order valence-corrected chi connectivity index (χ3v) is 10.8. The van der Waals surface area contributed by atoms with Crippen LogP contribution in [0.25, 0.3) is 0 Å². The third-order valence-electron chi connectivity index (χ3n) is 9.86. The molecule has 11 nitrogen and oxygen atoms in total. The van der Waals surface area contributed by atoms with E-state index >= 15 is 0 Å². The molecule has 0 aliphatic rings. The minimum Gasteiger partial charge on any atom is -0.480 e. The summed E-state index contributed by atoms with van der Waals surface area (Å²) in [7, 11) is -4.70. The molecule has 1 unspecified atom stereocenters. The van der Waals surface area contributed by atoms with Crippen molar-refractivity contribution in [1.82, 2.24) is 0 Å². The molecule has 0 rings (SSSR count). The van der Waals surface area contributed by atoms with Gasteiger partial charge in [0.05, 0.1) is 13.2 Å². The van der Waals surface area contributed by atoms with Crippen LogP contribution in [0.2, 0.25) is 0 Å². The number of rotatable bonds is 42. The average Bonchev–Trinajstić information content (AvgIpc) is 3.14. The molecule has 0 radical (unpaired) electrons. The normalized spacial score (nSPS) is 13.7. The van der Waals surface area contributed by atoms with E-state index in [1.54, 1.807) is 0 Å². The van der Waals surface area contributed by atoms with E-state index in [2.05, 4.69) is 18.4 Å². The van der Waals surface area contributed by atoms with E-state index in [-0.39, 0.29) is 19.4 Å². The summed E-state index contributed by atoms with van der Waals surface area (Å²) in [5.41, 5.74) is 5.31. The second kappa shape index (κ2) is 38.4. The van der Waals surface area contributed by atoms with Crippen LogP contribution in [0.3, 0.4) is 0 Å². The van der Waals surface area contributed by atoms with Crippen molar-refractivity contribution < 1.29 is 47.5 Å². The van der Waals surface area contributed by atoms with Gasteiger partial charge in [-0.1, -0.05) is 194 Å². The second-order valence-electron chi connectivity index (χ2n) is 15.2. The van der Waals surface area contributed by atoms with Crippen LogP contribution in [-0.4, -0.2) is 59.9 Å². The summed E-state index contributed by atoms with van der Waals surface area (Å²) in [4.78, 5) is 45.7. The van der Waals surface area contributed by atoms with E-state index < -0.39 is 51.1 Å². The highest BCUT2D eigenvalue weighted by molar-refractivity contribution is 7.47. The number of carboxylic acid groups (broad SMARTS) is 1. The van der Waals surface area contributed by atoms with Crippen molar-refractivity contribution in [1.29, 1.82) is 0 Å². The van der Waals surface area contributed by atoms with Crippen LogP contribution in [0.1, 0.15) is 219 Å². The fourth-order valence-corrected chi connectivity index (χ4v) is 7.14. The van der Waals surface area contributed by atoms with Crippen LogP contribution in [0.15, 0.2) is 0 Å². The molecule has 0 bridgehead atoms. The van der Waals surface area contributed by atoms with Crippen LogP contribution in [0, 0.1) is 0 Å². The number of unbranched alkanes of at least 4 members (excludes halogenated alkanes) is 28. The van der Waals surface area contributed by atoms with Gasteiger partial charge in [0.2, 0.25) is 0 Å². The van der Waals surface area contributed by atoms with Gasteiger partial charge in [0, 0.05) is 12.8 Å². The number of nitrogens with two attached hydrogens (primary N) is 1. The summed E-state index contributed by atoms with van der Waals surface area (Å²) in [5, 5.41) is 8.85. The van der Waals surface area contributed by atoms with Crippen molar-refractivity contribution in [2.24, 2.45) is 5.73 Å². The van der Waals surface area contributed by atoms with Gasteiger partial charge in [-0.25, -0.2) is 4.57 Å². The highest BCUT2D eigenvalue weighted by Crippen LogP contribution is 2.43.